The molecule has 1 saturated heterocycles. The van der Waals surface area contributed by atoms with Crippen molar-refractivity contribution in [1.82, 2.24) is 9.62 Å². The largest absolute Gasteiger partial charge is 0.346 e. The van der Waals surface area contributed by atoms with Crippen LogP contribution in [0.4, 0.5) is 4.39 Å². The molecule has 3 rings (SSSR count). The van der Waals surface area contributed by atoms with E-state index in [-0.39, 0.29) is 27.3 Å². The number of hydrogen-bond acceptors (Lipinski definition) is 3. The highest BCUT2D eigenvalue weighted by Gasteiger charge is 2.28. The van der Waals surface area contributed by atoms with Crippen molar-refractivity contribution in [3.63, 3.8) is 0 Å². The second-order valence-corrected chi connectivity index (χ2v) is 9.52. The van der Waals surface area contributed by atoms with Crippen LogP contribution in [0.25, 0.3) is 0 Å². The molecule has 1 amide bonds. The van der Waals surface area contributed by atoms with E-state index in [1.807, 2.05) is 0 Å². The minimum atomic E-state index is -3.78. The van der Waals surface area contributed by atoms with Crippen LogP contribution < -0.4 is 5.32 Å². The van der Waals surface area contributed by atoms with Crippen LogP contribution >= 0.6 is 11.6 Å². The van der Waals surface area contributed by atoms with Crippen LogP contribution in [0.5, 0.6) is 0 Å². The van der Waals surface area contributed by atoms with E-state index in [0.29, 0.717) is 13.1 Å². The molecule has 5 nitrogen and oxygen atoms in total. The second kappa shape index (κ2) is 9.24. The summed E-state index contributed by atoms with van der Waals surface area (Å²) in [5.74, 6) is -0.779. The maximum atomic E-state index is 13.1. The Morgan fingerprint density at radius 1 is 1.07 bits per heavy atom. The van der Waals surface area contributed by atoms with E-state index in [4.69, 9.17) is 11.6 Å². The van der Waals surface area contributed by atoms with Gasteiger partial charge >= 0.3 is 0 Å². The van der Waals surface area contributed by atoms with Gasteiger partial charge in [0.1, 0.15) is 10.7 Å². The lowest BCUT2D eigenvalue weighted by molar-refractivity contribution is 0.0939. The predicted octanol–water partition coefficient (Wildman–Crippen LogP) is 4.53. The third-order valence-corrected chi connectivity index (χ3v) is 7.47. The number of carbonyl (C=O) groups excluding carboxylic acids is 1. The third kappa shape index (κ3) is 5.15. The van der Waals surface area contributed by atoms with Crippen molar-refractivity contribution in [2.75, 3.05) is 13.1 Å². The first-order valence-corrected chi connectivity index (χ1v) is 11.5. The molecule has 0 radical (unpaired) electrons. The van der Waals surface area contributed by atoms with Gasteiger partial charge in [0.05, 0.1) is 11.1 Å². The van der Waals surface area contributed by atoms with Crippen LogP contribution in [-0.2, 0) is 10.0 Å². The molecule has 1 heterocycles. The molecule has 0 aromatic heterocycles. The molecule has 0 bridgehead atoms. The highest BCUT2D eigenvalue weighted by molar-refractivity contribution is 7.89. The van der Waals surface area contributed by atoms with Crippen LogP contribution in [0.3, 0.4) is 0 Å². The van der Waals surface area contributed by atoms with Crippen molar-refractivity contribution in [2.24, 2.45) is 0 Å². The Morgan fingerprint density at radius 2 is 1.69 bits per heavy atom. The summed E-state index contributed by atoms with van der Waals surface area (Å²) in [6, 6.07) is 9.73. The first-order valence-electron chi connectivity index (χ1n) is 9.65. The monoisotopic (exact) mass is 438 g/mol. The van der Waals surface area contributed by atoms with Gasteiger partial charge in [0.2, 0.25) is 10.0 Å². The van der Waals surface area contributed by atoms with Gasteiger partial charge in [-0.15, -0.1) is 0 Å². The van der Waals surface area contributed by atoms with Crippen molar-refractivity contribution >= 4 is 27.5 Å². The Hall–Kier alpha value is -1.96. The fraction of sp³-hybridized carbons (Fsp3) is 0.381. The highest BCUT2D eigenvalue weighted by atomic mass is 35.5. The van der Waals surface area contributed by atoms with Crippen LogP contribution in [0.1, 0.15) is 54.6 Å². The summed E-state index contributed by atoms with van der Waals surface area (Å²) < 4.78 is 40.7. The maximum Gasteiger partial charge on any atom is 0.251 e. The van der Waals surface area contributed by atoms with Crippen LogP contribution in [-0.4, -0.2) is 31.7 Å². The smallest absolute Gasteiger partial charge is 0.251 e. The molecule has 0 unspecified atom stereocenters. The lowest BCUT2D eigenvalue weighted by Gasteiger charge is -2.21. The molecular formula is C21H24ClFN2O3S. The Bertz CT molecular complexity index is 972. The van der Waals surface area contributed by atoms with Gasteiger partial charge in [0.25, 0.3) is 5.91 Å². The first kappa shape index (κ1) is 21.7. The normalized spacial score (nSPS) is 16.8. The predicted molar refractivity (Wildman–Crippen MR) is 111 cm³/mol. The number of halogens is 2. The van der Waals surface area contributed by atoms with E-state index < -0.39 is 15.9 Å². The number of rotatable bonds is 5. The number of nitrogens with one attached hydrogen (secondary N) is 1. The van der Waals surface area contributed by atoms with Gasteiger partial charge in [-0.25, -0.2) is 12.8 Å². The summed E-state index contributed by atoms with van der Waals surface area (Å²) in [5.41, 5.74) is 0.947. The van der Waals surface area contributed by atoms with Gasteiger partial charge in [-0.2, -0.15) is 4.31 Å². The summed E-state index contributed by atoms with van der Waals surface area (Å²) in [6.07, 6.45) is 3.63. The molecule has 8 heteroatoms. The lowest BCUT2D eigenvalue weighted by Crippen LogP contribution is -2.32. The van der Waals surface area contributed by atoms with Gasteiger partial charge in [-0.3, -0.25) is 4.79 Å². The van der Waals surface area contributed by atoms with E-state index in [9.17, 15) is 17.6 Å². The van der Waals surface area contributed by atoms with E-state index in [0.717, 1.165) is 31.2 Å². The van der Waals surface area contributed by atoms with Crippen molar-refractivity contribution < 1.29 is 17.6 Å². The minimum Gasteiger partial charge on any atom is -0.346 e. The summed E-state index contributed by atoms with van der Waals surface area (Å²) >= 11 is 6.19. The number of benzene rings is 2. The van der Waals surface area contributed by atoms with E-state index >= 15 is 0 Å². The van der Waals surface area contributed by atoms with E-state index in [2.05, 4.69) is 5.32 Å². The quantitative estimate of drug-likeness (QED) is 0.745. The molecule has 0 aliphatic carbocycles. The Kier molecular flexibility index (Phi) is 6.93. The molecule has 1 aliphatic rings. The maximum absolute atomic E-state index is 13.1. The van der Waals surface area contributed by atoms with Crippen molar-refractivity contribution in [1.29, 1.82) is 0 Å². The van der Waals surface area contributed by atoms with Gasteiger partial charge in [-0.05, 0) is 55.7 Å². The van der Waals surface area contributed by atoms with Crippen LogP contribution in [0.15, 0.2) is 47.4 Å². The van der Waals surface area contributed by atoms with Crippen LogP contribution in [0, 0.1) is 5.82 Å². The number of hydrogen-bond donors (Lipinski definition) is 1. The zero-order valence-electron chi connectivity index (χ0n) is 16.2. The van der Waals surface area contributed by atoms with Crippen LogP contribution in [0.2, 0.25) is 5.02 Å². The fourth-order valence-corrected chi connectivity index (χ4v) is 5.40. The summed E-state index contributed by atoms with van der Waals surface area (Å²) in [7, 11) is -3.78. The number of carbonyl (C=O) groups is 1. The Labute approximate surface area is 175 Å². The summed E-state index contributed by atoms with van der Waals surface area (Å²) in [6.45, 7) is 2.68. The lowest BCUT2D eigenvalue weighted by atomic mass is 10.1. The standard InChI is InChI=1S/C21H24ClFN2O3S/c1-15(16-6-9-18(23)10-7-16)24-21(26)17-8-11-19(22)20(14-17)29(27,28)25-12-4-2-3-5-13-25/h6-11,14-15H,2-5,12-13H2,1H3,(H,24,26)/t15-/m0/s1. The zero-order chi connectivity index (χ0) is 21.0. The van der Waals surface area contributed by atoms with Gasteiger partial charge < -0.3 is 5.32 Å². The van der Waals surface area contributed by atoms with Crippen molar-refractivity contribution in [3.05, 3.63) is 64.4 Å². The fourth-order valence-electron chi connectivity index (χ4n) is 3.38. The Balaban J connectivity index is 1.82. The topological polar surface area (TPSA) is 66.5 Å². The molecule has 1 fully saturated rings. The van der Waals surface area contributed by atoms with Gasteiger partial charge in [0, 0.05) is 18.7 Å². The van der Waals surface area contributed by atoms with Crippen molar-refractivity contribution in [3.8, 4) is 0 Å². The second-order valence-electron chi connectivity index (χ2n) is 7.21. The summed E-state index contributed by atoms with van der Waals surface area (Å²) in [5, 5.41) is 2.90. The molecule has 1 atom stereocenters. The molecule has 2 aromatic carbocycles. The first-order chi connectivity index (χ1) is 13.8. The van der Waals surface area contributed by atoms with E-state index in [1.165, 1.54) is 34.6 Å². The molecular weight excluding hydrogens is 415 g/mol. The minimum absolute atomic E-state index is 0.0526. The number of amides is 1. The summed E-state index contributed by atoms with van der Waals surface area (Å²) in [4.78, 5) is 12.6. The molecule has 1 N–H and O–H groups in total. The SMILES string of the molecule is C[C@H](NC(=O)c1ccc(Cl)c(S(=O)(=O)N2CCCCCC2)c1)c1ccc(F)cc1. The molecule has 1 aliphatic heterocycles. The van der Waals surface area contributed by atoms with Gasteiger partial charge in [0.15, 0.2) is 0 Å². The Morgan fingerprint density at radius 3 is 2.31 bits per heavy atom. The average Bonchev–Trinajstić information content (AvgIpc) is 2.98. The molecule has 2 aromatic rings. The molecule has 156 valence electrons. The molecule has 29 heavy (non-hydrogen) atoms. The molecule has 0 spiro atoms. The van der Waals surface area contributed by atoms with Gasteiger partial charge in [-0.1, -0.05) is 36.6 Å². The van der Waals surface area contributed by atoms with Crippen molar-refractivity contribution in [2.45, 2.75) is 43.5 Å². The number of nitrogens with zero attached hydrogens (tertiary/aromatic N) is 1. The van der Waals surface area contributed by atoms with E-state index in [1.54, 1.807) is 19.1 Å². The number of sulfonamides is 1. The highest BCUT2D eigenvalue weighted by Crippen LogP contribution is 2.28. The molecule has 0 saturated carbocycles. The zero-order valence-corrected chi connectivity index (χ0v) is 17.8. The average molecular weight is 439 g/mol. The third-order valence-electron chi connectivity index (χ3n) is 5.09.